The van der Waals surface area contributed by atoms with Crippen LogP contribution in [0.25, 0.3) is 0 Å². The SMILES string of the molecule is CCCCNC(=O)CCC1N=C2c3ccccc3N=C(SCc3ccc(Cl)cc3)N2C1=O. The van der Waals surface area contributed by atoms with Crippen molar-refractivity contribution in [2.24, 2.45) is 9.98 Å². The maximum absolute atomic E-state index is 13.3. The number of carbonyl (C=O) groups excluding carboxylic acids is 2. The van der Waals surface area contributed by atoms with Crippen LogP contribution in [0.15, 0.2) is 58.5 Å². The van der Waals surface area contributed by atoms with Gasteiger partial charge in [-0.1, -0.05) is 61.0 Å². The van der Waals surface area contributed by atoms with Gasteiger partial charge in [-0.2, -0.15) is 0 Å². The van der Waals surface area contributed by atoms with E-state index < -0.39 is 6.04 Å². The van der Waals surface area contributed by atoms with E-state index in [0.717, 1.165) is 29.7 Å². The molecule has 2 amide bonds. The molecule has 1 N–H and O–H groups in total. The molecule has 0 aromatic heterocycles. The number of hydrogen-bond acceptors (Lipinski definition) is 5. The van der Waals surface area contributed by atoms with E-state index in [2.05, 4.69) is 12.2 Å². The maximum Gasteiger partial charge on any atom is 0.259 e. The molecule has 8 heteroatoms. The zero-order chi connectivity index (χ0) is 22.5. The number of carbonyl (C=O) groups is 2. The Bertz CT molecular complexity index is 1070. The number of hydrogen-bond donors (Lipinski definition) is 1. The average Bonchev–Trinajstić information content (AvgIpc) is 3.14. The molecule has 0 radical (unpaired) electrons. The van der Waals surface area contributed by atoms with Crippen molar-refractivity contribution < 1.29 is 9.59 Å². The lowest BCUT2D eigenvalue weighted by molar-refractivity contribution is -0.125. The van der Waals surface area contributed by atoms with Crippen LogP contribution < -0.4 is 5.32 Å². The third-order valence-corrected chi connectivity index (χ3v) is 6.59. The molecule has 4 rings (SSSR count). The molecule has 166 valence electrons. The predicted octanol–water partition coefficient (Wildman–Crippen LogP) is 4.93. The Balaban J connectivity index is 1.50. The Morgan fingerprint density at radius 2 is 1.97 bits per heavy atom. The fraction of sp³-hybridized carbons (Fsp3) is 0.333. The van der Waals surface area contributed by atoms with Gasteiger partial charge < -0.3 is 5.32 Å². The normalized spacial score (nSPS) is 16.9. The molecule has 0 spiro atoms. The summed E-state index contributed by atoms with van der Waals surface area (Å²) in [5.74, 6) is 1.11. The van der Waals surface area contributed by atoms with Gasteiger partial charge >= 0.3 is 0 Å². The van der Waals surface area contributed by atoms with Crippen LogP contribution in [0.4, 0.5) is 5.69 Å². The number of thioether (sulfide) groups is 1. The number of rotatable bonds is 8. The largest absolute Gasteiger partial charge is 0.356 e. The summed E-state index contributed by atoms with van der Waals surface area (Å²) in [7, 11) is 0. The van der Waals surface area contributed by atoms with Crippen LogP contribution in [0.3, 0.4) is 0 Å². The van der Waals surface area contributed by atoms with E-state index in [4.69, 9.17) is 21.6 Å². The van der Waals surface area contributed by atoms with Gasteiger partial charge in [0.1, 0.15) is 11.9 Å². The molecule has 1 unspecified atom stereocenters. The van der Waals surface area contributed by atoms with Crippen molar-refractivity contribution in [2.75, 3.05) is 6.54 Å². The summed E-state index contributed by atoms with van der Waals surface area (Å²) in [6.07, 6.45) is 2.63. The molecule has 0 fully saturated rings. The molecule has 2 heterocycles. The zero-order valence-electron chi connectivity index (χ0n) is 17.9. The van der Waals surface area contributed by atoms with Gasteiger partial charge in [0.25, 0.3) is 5.91 Å². The molecule has 0 bridgehead atoms. The minimum absolute atomic E-state index is 0.0391. The molecule has 2 aliphatic heterocycles. The van der Waals surface area contributed by atoms with Gasteiger partial charge in [-0.15, -0.1) is 0 Å². The second-order valence-corrected chi connectivity index (χ2v) is 9.09. The maximum atomic E-state index is 13.3. The van der Waals surface area contributed by atoms with Crippen molar-refractivity contribution in [1.29, 1.82) is 0 Å². The summed E-state index contributed by atoms with van der Waals surface area (Å²) in [6.45, 7) is 2.75. The average molecular weight is 469 g/mol. The highest BCUT2D eigenvalue weighted by atomic mass is 35.5. The van der Waals surface area contributed by atoms with Crippen LogP contribution in [-0.2, 0) is 15.3 Å². The zero-order valence-corrected chi connectivity index (χ0v) is 19.5. The fourth-order valence-corrected chi connectivity index (χ4v) is 4.66. The number of para-hydroxylation sites is 1. The summed E-state index contributed by atoms with van der Waals surface area (Å²) in [5, 5.41) is 4.20. The Kier molecular flexibility index (Phi) is 7.27. The Morgan fingerprint density at radius 1 is 1.19 bits per heavy atom. The van der Waals surface area contributed by atoms with Crippen LogP contribution in [0, 0.1) is 0 Å². The quantitative estimate of drug-likeness (QED) is 0.558. The van der Waals surface area contributed by atoms with Gasteiger partial charge in [0, 0.05) is 29.3 Å². The van der Waals surface area contributed by atoms with Crippen LogP contribution >= 0.6 is 23.4 Å². The third kappa shape index (κ3) is 5.05. The number of fused-ring (bicyclic) bond motifs is 3. The van der Waals surface area contributed by atoms with Crippen molar-refractivity contribution in [2.45, 2.75) is 44.4 Å². The van der Waals surface area contributed by atoms with Crippen molar-refractivity contribution in [3.63, 3.8) is 0 Å². The number of amides is 2. The second kappa shape index (κ2) is 10.3. The van der Waals surface area contributed by atoms with Crippen molar-refractivity contribution in [1.82, 2.24) is 10.2 Å². The molecular weight excluding hydrogens is 444 g/mol. The van der Waals surface area contributed by atoms with Crippen molar-refractivity contribution >= 4 is 51.9 Å². The first kappa shape index (κ1) is 22.6. The van der Waals surface area contributed by atoms with Gasteiger partial charge in [-0.25, -0.2) is 9.89 Å². The summed E-state index contributed by atoms with van der Waals surface area (Å²) in [5.41, 5.74) is 2.73. The molecule has 1 atom stereocenters. The number of benzene rings is 2. The smallest absolute Gasteiger partial charge is 0.259 e. The highest BCUT2D eigenvalue weighted by Crippen LogP contribution is 2.35. The first-order chi connectivity index (χ1) is 15.6. The lowest BCUT2D eigenvalue weighted by Gasteiger charge is -2.25. The van der Waals surface area contributed by atoms with E-state index in [1.54, 1.807) is 4.90 Å². The minimum Gasteiger partial charge on any atom is -0.356 e. The Labute approximate surface area is 197 Å². The molecule has 32 heavy (non-hydrogen) atoms. The molecule has 6 nitrogen and oxygen atoms in total. The van der Waals surface area contributed by atoms with E-state index in [1.165, 1.54) is 11.8 Å². The van der Waals surface area contributed by atoms with E-state index in [0.29, 0.717) is 34.7 Å². The van der Waals surface area contributed by atoms with Crippen molar-refractivity contribution in [3.05, 3.63) is 64.7 Å². The van der Waals surface area contributed by atoms with Crippen LogP contribution in [0.5, 0.6) is 0 Å². The van der Waals surface area contributed by atoms with Gasteiger partial charge in [0.2, 0.25) is 5.91 Å². The molecule has 2 aliphatic rings. The summed E-state index contributed by atoms with van der Waals surface area (Å²) in [6, 6.07) is 14.8. The molecule has 2 aromatic rings. The molecular formula is C24H25ClN4O2S. The molecule has 0 saturated carbocycles. The number of aliphatic imine (C=N–C) groups is 2. The number of nitrogens with zero attached hydrogens (tertiary/aromatic N) is 3. The molecule has 0 aliphatic carbocycles. The number of nitrogens with one attached hydrogen (secondary N) is 1. The van der Waals surface area contributed by atoms with Crippen LogP contribution in [0.1, 0.15) is 43.7 Å². The highest BCUT2D eigenvalue weighted by Gasteiger charge is 2.41. The van der Waals surface area contributed by atoms with E-state index in [9.17, 15) is 9.59 Å². The van der Waals surface area contributed by atoms with Crippen LogP contribution in [0.2, 0.25) is 5.02 Å². The van der Waals surface area contributed by atoms with Crippen molar-refractivity contribution in [3.8, 4) is 0 Å². The van der Waals surface area contributed by atoms with E-state index in [1.807, 2.05) is 48.5 Å². The summed E-state index contributed by atoms with van der Waals surface area (Å²) in [4.78, 5) is 36.5. The highest BCUT2D eigenvalue weighted by molar-refractivity contribution is 8.13. The standard InChI is InChI=1S/C24H25ClN4O2S/c1-2-3-14-26-21(30)13-12-20-23(31)29-22(27-20)18-6-4-5-7-19(18)28-24(29)32-15-16-8-10-17(25)11-9-16/h4-11,20H,2-3,12-15H2,1H3,(H,26,30). The summed E-state index contributed by atoms with van der Waals surface area (Å²) >= 11 is 7.48. The lowest BCUT2D eigenvalue weighted by Crippen LogP contribution is -2.41. The minimum atomic E-state index is -0.575. The number of halogens is 1. The lowest BCUT2D eigenvalue weighted by atomic mass is 10.1. The molecule has 0 saturated heterocycles. The Hall–Kier alpha value is -2.64. The van der Waals surface area contributed by atoms with E-state index in [-0.39, 0.29) is 18.2 Å². The molecule has 2 aromatic carbocycles. The first-order valence-electron chi connectivity index (χ1n) is 10.8. The predicted molar refractivity (Wildman–Crippen MR) is 131 cm³/mol. The monoisotopic (exact) mass is 468 g/mol. The van der Waals surface area contributed by atoms with Gasteiger partial charge in [0.15, 0.2) is 5.17 Å². The van der Waals surface area contributed by atoms with Gasteiger partial charge in [-0.3, -0.25) is 14.6 Å². The van der Waals surface area contributed by atoms with Crippen LogP contribution in [-0.4, -0.2) is 40.3 Å². The third-order valence-electron chi connectivity index (χ3n) is 5.33. The number of unbranched alkanes of at least 4 members (excludes halogenated alkanes) is 1. The van der Waals surface area contributed by atoms with Gasteiger partial charge in [-0.05, 0) is 42.7 Å². The second-order valence-electron chi connectivity index (χ2n) is 7.71. The Morgan fingerprint density at radius 3 is 2.75 bits per heavy atom. The van der Waals surface area contributed by atoms with Gasteiger partial charge in [0.05, 0.1) is 5.69 Å². The van der Waals surface area contributed by atoms with E-state index >= 15 is 0 Å². The number of amidine groups is 2. The summed E-state index contributed by atoms with van der Waals surface area (Å²) < 4.78 is 0. The topological polar surface area (TPSA) is 74.1 Å². The fourth-order valence-electron chi connectivity index (χ4n) is 3.58. The first-order valence-corrected chi connectivity index (χ1v) is 12.2.